The van der Waals surface area contributed by atoms with Gasteiger partial charge in [-0.3, -0.25) is 8.97 Å². The zero-order valence-electron chi connectivity index (χ0n) is 16.8. The first-order chi connectivity index (χ1) is 14.6. The molecule has 0 spiro atoms. The molecule has 0 aliphatic carbocycles. The van der Waals surface area contributed by atoms with Crippen LogP contribution in [-0.4, -0.2) is 70.3 Å². The van der Waals surface area contributed by atoms with Gasteiger partial charge in [0.15, 0.2) is 16.8 Å². The number of aliphatic hydroxyl groups is 3. The van der Waals surface area contributed by atoms with Gasteiger partial charge in [-0.1, -0.05) is 26.2 Å². The molecule has 0 saturated carbocycles. The number of epoxide rings is 1. The monoisotopic (exact) mass is 417 g/mol. The molecule has 2 saturated heterocycles. The molecule has 30 heavy (non-hydrogen) atoms. The molecular formula is C20H27N5O5. The zero-order valence-corrected chi connectivity index (χ0v) is 16.8. The van der Waals surface area contributed by atoms with Crippen LogP contribution in [0.1, 0.15) is 57.1 Å². The highest BCUT2D eigenvalue weighted by Gasteiger charge is 2.45. The average molecular weight is 417 g/mol. The molecule has 5 heterocycles. The van der Waals surface area contributed by atoms with Crippen molar-refractivity contribution in [3.05, 3.63) is 24.5 Å². The Labute approximate surface area is 173 Å². The van der Waals surface area contributed by atoms with Crippen LogP contribution in [0.15, 0.2) is 18.9 Å². The van der Waals surface area contributed by atoms with Crippen molar-refractivity contribution in [1.29, 1.82) is 0 Å². The third kappa shape index (κ3) is 3.28. The predicted molar refractivity (Wildman–Crippen MR) is 106 cm³/mol. The summed E-state index contributed by atoms with van der Waals surface area (Å²) in [6.07, 6.45) is 6.90. The van der Waals surface area contributed by atoms with Crippen LogP contribution in [0.3, 0.4) is 0 Å². The number of hydrogen-bond acceptors (Lipinski definition) is 8. The molecule has 10 heteroatoms. The molecule has 0 bridgehead atoms. The molecule has 3 aromatic rings. The van der Waals surface area contributed by atoms with Gasteiger partial charge in [-0.2, -0.15) is 0 Å². The molecule has 3 N–H and O–H groups in total. The molecule has 3 aromatic heterocycles. The van der Waals surface area contributed by atoms with E-state index >= 15 is 0 Å². The molecule has 162 valence electrons. The molecule has 3 unspecified atom stereocenters. The van der Waals surface area contributed by atoms with Crippen LogP contribution in [0.5, 0.6) is 0 Å². The second kappa shape index (κ2) is 7.86. The largest absolute Gasteiger partial charge is 0.394 e. The van der Waals surface area contributed by atoms with E-state index in [0.29, 0.717) is 28.9 Å². The highest BCUT2D eigenvalue weighted by atomic mass is 16.6. The third-order valence-electron chi connectivity index (χ3n) is 6.12. The van der Waals surface area contributed by atoms with Crippen LogP contribution in [0.4, 0.5) is 0 Å². The van der Waals surface area contributed by atoms with Crippen LogP contribution in [0.2, 0.25) is 0 Å². The molecule has 2 aliphatic rings. The maximum Gasteiger partial charge on any atom is 0.168 e. The van der Waals surface area contributed by atoms with Crippen LogP contribution >= 0.6 is 0 Å². The first-order valence-electron chi connectivity index (χ1n) is 10.6. The minimum atomic E-state index is -0.772. The minimum absolute atomic E-state index is 0.0958. The minimum Gasteiger partial charge on any atom is -0.394 e. The van der Waals surface area contributed by atoms with Gasteiger partial charge in [-0.25, -0.2) is 15.0 Å². The van der Waals surface area contributed by atoms with Crippen LogP contribution in [0, 0.1) is 0 Å². The Morgan fingerprint density at radius 2 is 2.00 bits per heavy atom. The Balaban J connectivity index is 1.39. The molecule has 6 atom stereocenters. The Bertz CT molecular complexity index is 1040. The quantitative estimate of drug-likeness (QED) is 0.367. The Morgan fingerprint density at radius 3 is 2.77 bits per heavy atom. The van der Waals surface area contributed by atoms with E-state index in [1.807, 2.05) is 0 Å². The number of unbranched alkanes of at least 4 members (excludes halogenated alkanes) is 2. The number of aromatic nitrogens is 5. The lowest BCUT2D eigenvalue weighted by Gasteiger charge is -2.13. The molecule has 2 aliphatic heterocycles. The SMILES string of the molecule is CCCCCC1OC1C(O)c1cnc2c3ncn([C@H]4C[C@H](O)[C@@H](CO)O4)c3ncn12. The van der Waals surface area contributed by atoms with Gasteiger partial charge in [0.1, 0.15) is 30.9 Å². The van der Waals surface area contributed by atoms with Crippen molar-refractivity contribution in [2.24, 2.45) is 0 Å². The van der Waals surface area contributed by atoms with Crippen molar-refractivity contribution < 1.29 is 24.8 Å². The summed E-state index contributed by atoms with van der Waals surface area (Å²) < 4.78 is 14.9. The van der Waals surface area contributed by atoms with E-state index in [0.717, 1.165) is 19.3 Å². The zero-order chi connectivity index (χ0) is 20.8. The lowest BCUT2D eigenvalue weighted by molar-refractivity contribution is -0.0432. The summed E-state index contributed by atoms with van der Waals surface area (Å²) in [5.74, 6) is 0. The first-order valence-corrected chi connectivity index (χ1v) is 10.6. The van der Waals surface area contributed by atoms with Crippen molar-refractivity contribution in [2.45, 2.75) is 75.8 Å². The Kier molecular flexibility index (Phi) is 5.19. The molecule has 2 fully saturated rings. The Morgan fingerprint density at radius 1 is 1.13 bits per heavy atom. The normalized spacial score (nSPS) is 29.8. The summed E-state index contributed by atoms with van der Waals surface area (Å²) in [4.78, 5) is 13.4. The van der Waals surface area contributed by atoms with Gasteiger partial charge < -0.3 is 24.8 Å². The summed E-state index contributed by atoms with van der Waals surface area (Å²) in [5, 5.41) is 30.1. The van der Waals surface area contributed by atoms with E-state index in [1.54, 1.807) is 27.8 Å². The number of fused-ring (bicyclic) bond motifs is 3. The van der Waals surface area contributed by atoms with Crippen molar-refractivity contribution >= 4 is 16.8 Å². The van der Waals surface area contributed by atoms with Crippen molar-refractivity contribution in [2.75, 3.05) is 6.61 Å². The summed E-state index contributed by atoms with van der Waals surface area (Å²) in [6, 6.07) is 0. The van der Waals surface area contributed by atoms with Crippen molar-refractivity contribution in [3.63, 3.8) is 0 Å². The first kappa shape index (κ1) is 19.8. The molecule has 0 radical (unpaired) electrons. The van der Waals surface area contributed by atoms with E-state index in [2.05, 4.69) is 21.9 Å². The fourth-order valence-electron chi connectivity index (χ4n) is 4.33. The summed E-state index contributed by atoms with van der Waals surface area (Å²) in [7, 11) is 0. The number of nitrogens with zero attached hydrogens (tertiary/aromatic N) is 5. The number of hydrogen-bond donors (Lipinski definition) is 3. The summed E-state index contributed by atoms with van der Waals surface area (Å²) in [6.45, 7) is 1.92. The van der Waals surface area contributed by atoms with Gasteiger partial charge >= 0.3 is 0 Å². The molecule has 0 aromatic carbocycles. The number of ether oxygens (including phenoxy) is 2. The Hall–Kier alpha value is -2.11. The van der Waals surface area contributed by atoms with Crippen LogP contribution in [-0.2, 0) is 9.47 Å². The number of imidazole rings is 2. The van der Waals surface area contributed by atoms with Crippen molar-refractivity contribution in [1.82, 2.24) is 23.9 Å². The fourth-order valence-corrected chi connectivity index (χ4v) is 4.33. The van der Waals surface area contributed by atoms with Gasteiger partial charge in [0, 0.05) is 6.42 Å². The van der Waals surface area contributed by atoms with Crippen molar-refractivity contribution in [3.8, 4) is 0 Å². The lowest BCUT2D eigenvalue weighted by atomic mass is 10.1. The van der Waals surface area contributed by atoms with Gasteiger partial charge in [0.2, 0.25) is 0 Å². The van der Waals surface area contributed by atoms with Gasteiger partial charge in [-0.15, -0.1) is 0 Å². The van der Waals surface area contributed by atoms with Crippen LogP contribution < -0.4 is 0 Å². The van der Waals surface area contributed by atoms with Gasteiger partial charge in [0.05, 0.1) is 37.0 Å². The van der Waals surface area contributed by atoms with E-state index in [9.17, 15) is 15.3 Å². The summed E-state index contributed by atoms with van der Waals surface area (Å²) in [5.41, 5.74) is 2.38. The molecule has 10 nitrogen and oxygen atoms in total. The maximum absolute atomic E-state index is 10.8. The van der Waals surface area contributed by atoms with E-state index < -0.39 is 24.5 Å². The second-order valence-electron chi connectivity index (χ2n) is 8.14. The van der Waals surface area contributed by atoms with E-state index in [-0.39, 0.29) is 18.8 Å². The van der Waals surface area contributed by atoms with E-state index in [1.165, 1.54) is 6.42 Å². The fraction of sp³-hybridized carbons (Fsp3) is 0.650. The maximum atomic E-state index is 10.8. The number of aliphatic hydroxyl groups excluding tert-OH is 3. The van der Waals surface area contributed by atoms with Crippen LogP contribution in [0.25, 0.3) is 16.8 Å². The summed E-state index contributed by atoms with van der Waals surface area (Å²) >= 11 is 0. The highest BCUT2D eigenvalue weighted by Crippen LogP contribution is 2.38. The lowest BCUT2D eigenvalue weighted by Crippen LogP contribution is -2.24. The van der Waals surface area contributed by atoms with Gasteiger partial charge in [-0.05, 0) is 6.42 Å². The highest BCUT2D eigenvalue weighted by molar-refractivity contribution is 5.85. The average Bonchev–Trinajstić information content (AvgIpc) is 3.07. The third-order valence-corrected chi connectivity index (χ3v) is 6.12. The second-order valence-corrected chi connectivity index (χ2v) is 8.14. The standard InChI is InChI=1S/C20H27N5O5/c1-2-3-4-5-13-18(30-13)17(28)11-7-21-19-16-20(23-10-24(11)19)25(9-22-16)15-6-12(27)14(8-26)29-15/h7,9-10,12-15,17-18,26-28H,2-6,8H2,1H3/t12-,13?,14+,15+,17?,18?/m0/s1. The molecular weight excluding hydrogens is 390 g/mol. The smallest absolute Gasteiger partial charge is 0.168 e. The molecule has 0 amide bonds. The number of rotatable bonds is 8. The molecule has 5 rings (SSSR count). The van der Waals surface area contributed by atoms with E-state index in [4.69, 9.17) is 9.47 Å². The predicted octanol–water partition coefficient (Wildman–Crippen LogP) is 1.10. The topological polar surface area (TPSA) is 130 Å². The van der Waals surface area contributed by atoms with Gasteiger partial charge in [0.25, 0.3) is 0 Å².